The summed E-state index contributed by atoms with van der Waals surface area (Å²) in [6.45, 7) is 1.52. The van der Waals surface area contributed by atoms with E-state index >= 15 is 0 Å². The summed E-state index contributed by atoms with van der Waals surface area (Å²) in [5.74, 6) is 0. The Bertz CT molecular complexity index is 728. The van der Waals surface area contributed by atoms with Crippen LogP contribution in [0.2, 0.25) is 0 Å². The van der Waals surface area contributed by atoms with Crippen LogP contribution in [0.3, 0.4) is 0 Å². The highest BCUT2D eigenvalue weighted by molar-refractivity contribution is 9.10. The van der Waals surface area contributed by atoms with Gasteiger partial charge < -0.3 is 9.55 Å². The summed E-state index contributed by atoms with van der Waals surface area (Å²) >= 11 is 8.79. The van der Waals surface area contributed by atoms with E-state index in [1.54, 1.807) is 10.9 Å². The number of rotatable bonds is 3. The molecule has 0 amide bonds. The van der Waals surface area contributed by atoms with Crippen molar-refractivity contribution in [3.63, 3.8) is 0 Å². The Kier molecular flexibility index (Phi) is 3.00. The molecule has 0 aliphatic rings. The molecule has 5 nitrogen and oxygen atoms in total. The second kappa shape index (κ2) is 4.66. The molecule has 1 N–H and O–H groups in total. The number of halogens is 1. The fourth-order valence-corrected chi connectivity index (χ4v) is 2.57. The van der Waals surface area contributed by atoms with Crippen LogP contribution in [-0.4, -0.2) is 24.5 Å². The van der Waals surface area contributed by atoms with Crippen LogP contribution in [0, 0.1) is 4.77 Å². The Hall–Kier alpha value is -1.47. The first-order chi connectivity index (χ1) is 8.74. The molecule has 0 bridgehead atoms. The summed E-state index contributed by atoms with van der Waals surface area (Å²) in [4.78, 5) is 3.20. The van der Waals surface area contributed by atoms with Gasteiger partial charge in [-0.15, -0.1) is 5.10 Å². The maximum absolute atomic E-state index is 5.34. The van der Waals surface area contributed by atoms with Gasteiger partial charge in [0, 0.05) is 17.2 Å². The van der Waals surface area contributed by atoms with Gasteiger partial charge in [-0.2, -0.15) is 0 Å². The quantitative estimate of drug-likeness (QED) is 0.754. The molecule has 18 heavy (non-hydrogen) atoms. The Morgan fingerprint density at radius 1 is 1.33 bits per heavy atom. The van der Waals surface area contributed by atoms with Crippen molar-refractivity contribution in [1.82, 2.24) is 24.5 Å². The molecule has 0 unspecified atom stereocenters. The maximum atomic E-state index is 5.34. The molecule has 0 fully saturated rings. The van der Waals surface area contributed by atoms with Crippen LogP contribution in [0.15, 0.2) is 35.1 Å². The van der Waals surface area contributed by atoms with E-state index in [1.807, 2.05) is 24.4 Å². The number of aromatic amines is 1. The molecule has 0 radical (unpaired) electrons. The number of nitrogens with zero attached hydrogens (tertiary/aromatic N) is 4. The first kappa shape index (κ1) is 11.6. The second-order valence-electron chi connectivity index (χ2n) is 3.91. The van der Waals surface area contributed by atoms with Gasteiger partial charge in [0.1, 0.15) is 0 Å². The minimum Gasteiger partial charge on any atom is -0.331 e. The fraction of sp³-hybridized carbons (Fsp3) is 0.182. The lowest BCUT2D eigenvalue weighted by molar-refractivity contribution is 0.523. The van der Waals surface area contributed by atoms with E-state index in [9.17, 15) is 0 Å². The zero-order valence-corrected chi connectivity index (χ0v) is 11.8. The number of aryl methyl sites for hydroxylation is 2. The predicted molar refractivity (Wildman–Crippen MR) is 74.8 cm³/mol. The lowest BCUT2D eigenvalue weighted by Crippen LogP contribution is -2.08. The van der Waals surface area contributed by atoms with Crippen molar-refractivity contribution in [3.05, 3.63) is 39.8 Å². The van der Waals surface area contributed by atoms with Gasteiger partial charge in [0.05, 0.1) is 23.8 Å². The van der Waals surface area contributed by atoms with Crippen molar-refractivity contribution in [2.24, 2.45) is 0 Å². The molecule has 2 aromatic heterocycles. The summed E-state index contributed by atoms with van der Waals surface area (Å²) in [6, 6.07) is 6.08. The van der Waals surface area contributed by atoms with Gasteiger partial charge in [-0.05, 0) is 30.4 Å². The average molecular weight is 324 g/mol. The molecule has 0 saturated carbocycles. The highest BCUT2D eigenvalue weighted by atomic mass is 79.9. The van der Waals surface area contributed by atoms with Crippen molar-refractivity contribution in [2.75, 3.05) is 0 Å². The van der Waals surface area contributed by atoms with Crippen molar-refractivity contribution in [3.8, 4) is 0 Å². The van der Waals surface area contributed by atoms with Crippen LogP contribution < -0.4 is 0 Å². The second-order valence-corrected chi connectivity index (χ2v) is 5.21. The number of nitrogens with one attached hydrogen (secondary N) is 1. The molecular weight excluding hydrogens is 314 g/mol. The van der Waals surface area contributed by atoms with Crippen LogP contribution >= 0.6 is 28.1 Å². The number of benzene rings is 1. The Morgan fingerprint density at radius 3 is 3.00 bits per heavy atom. The van der Waals surface area contributed by atoms with Crippen molar-refractivity contribution < 1.29 is 0 Å². The molecule has 0 saturated heterocycles. The lowest BCUT2D eigenvalue weighted by atomic mass is 10.3. The third-order valence-electron chi connectivity index (χ3n) is 2.76. The van der Waals surface area contributed by atoms with Crippen molar-refractivity contribution in [2.45, 2.75) is 13.1 Å². The smallest absolute Gasteiger partial charge is 0.178 e. The number of H-pyrrole nitrogens is 1. The SMILES string of the molecule is S=c1[nH]c2cc(Br)ccc2n1CCn1ccnn1. The standard InChI is InChI=1S/C11H10BrN5S/c12-8-1-2-10-9(7-8)14-11(18)17(10)6-5-16-4-3-13-15-16/h1-4,7H,5-6H2,(H,14,18). The molecule has 0 atom stereocenters. The van der Waals surface area contributed by atoms with Crippen LogP contribution in [-0.2, 0) is 13.1 Å². The number of imidazole rings is 1. The minimum atomic E-state index is 0.725. The summed E-state index contributed by atoms with van der Waals surface area (Å²) < 4.78 is 5.62. The predicted octanol–water partition coefficient (Wildman–Crippen LogP) is 2.75. The summed E-state index contributed by atoms with van der Waals surface area (Å²) in [7, 11) is 0. The van der Waals surface area contributed by atoms with Gasteiger partial charge in [-0.1, -0.05) is 21.1 Å². The summed E-state index contributed by atoms with van der Waals surface area (Å²) in [5.41, 5.74) is 2.14. The number of hydrogen-bond donors (Lipinski definition) is 1. The van der Waals surface area contributed by atoms with Crippen LogP contribution in [0.5, 0.6) is 0 Å². The van der Waals surface area contributed by atoms with E-state index in [2.05, 4.69) is 35.8 Å². The van der Waals surface area contributed by atoms with Crippen molar-refractivity contribution >= 4 is 39.2 Å². The van der Waals surface area contributed by atoms with Gasteiger partial charge in [-0.3, -0.25) is 4.68 Å². The Balaban J connectivity index is 1.96. The first-order valence-electron chi connectivity index (χ1n) is 5.46. The molecule has 92 valence electrons. The highest BCUT2D eigenvalue weighted by Gasteiger charge is 2.04. The molecule has 0 aliphatic heterocycles. The number of aromatic nitrogens is 5. The molecule has 3 aromatic rings. The zero-order chi connectivity index (χ0) is 12.5. The lowest BCUT2D eigenvalue weighted by Gasteiger charge is -2.04. The maximum Gasteiger partial charge on any atom is 0.178 e. The third-order valence-corrected chi connectivity index (χ3v) is 3.58. The van der Waals surface area contributed by atoms with Crippen LogP contribution in [0.1, 0.15) is 0 Å². The third kappa shape index (κ3) is 2.11. The van der Waals surface area contributed by atoms with Gasteiger partial charge in [0.2, 0.25) is 0 Å². The van der Waals surface area contributed by atoms with Gasteiger partial charge in [0.25, 0.3) is 0 Å². The molecule has 0 spiro atoms. The molecule has 2 heterocycles. The van der Waals surface area contributed by atoms with E-state index in [1.165, 1.54) is 0 Å². The topological polar surface area (TPSA) is 51.4 Å². The fourth-order valence-electron chi connectivity index (χ4n) is 1.91. The van der Waals surface area contributed by atoms with Gasteiger partial charge >= 0.3 is 0 Å². The highest BCUT2D eigenvalue weighted by Crippen LogP contribution is 2.19. The van der Waals surface area contributed by atoms with Crippen LogP contribution in [0.25, 0.3) is 11.0 Å². The number of fused-ring (bicyclic) bond motifs is 1. The normalized spacial score (nSPS) is 11.2. The molecule has 3 rings (SSSR count). The van der Waals surface area contributed by atoms with Crippen LogP contribution in [0.4, 0.5) is 0 Å². The number of hydrogen-bond acceptors (Lipinski definition) is 3. The molecule has 1 aromatic carbocycles. The minimum absolute atomic E-state index is 0.725. The van der Waals surface area contributed by atoms with Gasteiger partial charge in [-0.25, -0.2) is 0 Å². The molecule has 7 heteroatoms. The monoisotopic (exact) mass is 323 g/mol. The largest absolute Gasteiger partial charge is 0.331 e. The van der Waals surface area contributed by atoms with E-state index in [0.717, 1.165) is 33.4 Å². The molecular formula is C11H10BrN5S. The Morgan fingerprint density at radius 2 is 2.22 bits per heavy atom. The van der Waals surface area contributed by atoms with E-state index in [4.69, 9.17) is 12.2 Å². The van der Waals surface area contributed by atoms with Crippen molar-refractivity contribution in [1.29, 1.82) is 0 Å². The average Bonchev–Trinajstić information content (AvgIpc) is 2.93. The molecule has 0 aliphatic carbocycles. The zero-order valence-electron chi connectivity index (χ0n) is 9.38. The van der Waals surface area contributed by atoms with E-state index in [-0.39, 0.29) is 0 Å². The summed E-state index contributed by atoms with van der Waals surface area (Å²) in [5, 5.41) is 7.72. The Labute approximate surface area is 117 Å². The summed E-state index contributed by atoms with van der Waals surface area (Å²) in [6.07, 6.45) is 3.51. The van der Waals surface area contributed by atoms with Gasteiger partial charge in [0.15, 0.2) is 4.77 Å². The first-order valence-corrected chi connectivity index (χ1v) is 6.66. The van der Waals surface area contributed by atoms with E-state index < -0.39 is 0 Å². The van der Waals surface area contributed by atoms with E-state index in [0.29, 0.717) is 0 Å².